The number of nitrogens with one attached hydrogen (secondary N) is 3. The summed E-state index contributed by atoms with van der Waals surface area (Å²) < 4.78 is 104. The van der Waals surface area contributed by atoms with Crippen molar-refractivity contribution in [1.29, 1.82) is 0 Å². The van der Waals surface area contributed by atoms with Crippen molar-refractivity contribution in [3.05, 3.63) is 119 Å². The average molecular weight is 1100 g/mol. The first-order valence-corrected chi connectivity index (χ1v) is 29.9. The van der Waals surface area contributed by atoms with Crippen LogP contribution in [0.3, 0.4) is 0 Å². The highest BCUT2D eigenvalue weighted by atomic mass is 35.5. The van der Waals surface area contributed by atoms with E-state index in [0.29, 0.717) is 61.6 Å². The van der Waals surface area contributed by atoms with Crippen molar-refractivity contribution >= 4 is 66.1 Å². The minimum atomic E-state index is -6.07. The molecular weight excluding hydrogens is 1030 g/mol. The van der Waals surface area contributed by atoms with Gasteiger partial charge in [-0.25, -0.2) is 21.6 Å². The number of amides is 1. The maximum atomic E-state index is 14.3. The van der Waals surface area contributed by atoms with Crippen molar-refractivity contribution in [2.75, 3.05) is 101 Å². The van der Waals surface area contributed by atoms with Gasteiger partial charge in [0.05, 0.1) is 17.2 Å². The Morgan fingerprint density at radius 3 is 2.26 bits per heavy atom. The van der Waals surface area contributed by atoms with Crippen molar-refractivity contribution in [2.24, 2.45) is 5.41 Å². The third-order valence-electron chi connectivity index (χ3n) is 14.5. The lowest BCUT2D eigenvalue weighted by molar-refractivity contribution is -0.0435. The second-order valence-corrected chi connectivity index (χ2v) is 25.8. The Hall–Kier alpha value is -4.18. The molecule has 0 aromatic heterocycles. The number of sulfonamides is 1. The van der Waals surface area contributed by atoms with Crippen molar-refractivity contribution in [2.45, 2.75) is 91.2 Å². The van der Waals surface area contributed by atoms with Gasteiger partial charge in [-0.1, -0.05) is 54.4 Å². The van der Waals surface area contributed by atoms with Crippen molar-refractivity contribution in [3.8, 4) is 0 Å². The van der Waals surface area contributed by atoms with Gasteiger partial charge in [-0.05, 0) is 129 Å². The molecule has 3 N–H and O–H groups in total. The maximum Gasteiger partial charge on any atom is 0.501 e. The first kappa shape index (κ1) is 56.0. The predicted molar refractivity (Wildman–Crippen MR) is 289 cm³/mol. The van der Waals surface area contributed by atoms with Crippen LogP contribution < -0.4 is 20.3 Å². The van der Waals surface area contributed by atoms with E-state index < -0.39 is 52.8 Å². The van der Waals surface area contributed by atoms with Crippen molar-refractivity contribution in [1.82, 2.24) is 24.7 Å². The number of allylic oxidation sites excluding steroid dienone is 1. The van der Waals surface area contributed by atoms with Crippen LogP contribution in [0.1, 0.15) is 68.8 Å². The number of benzene rings is 4. The highest BCUT2D eigenvalue weighted by Crippen LogP contribution is 2.44. The van der Waals surface area contributed by atoms with Crippen LogP contribution in [-0.2, 0) is 24.6 Å². The molecule has 4 aromatic carbocycles. The summed E-state index contributed by atoms with van der Waals surface area (Å²) in [6.07, 6.45) is 4.39. The number of hydrogen-bond donors (Lipinski definition) is 3. The number of rotatable bonds is 18. The van der Waals surface area contributed by atoms with Gasteiger partial charge >= 0.3 is 5.51 Å². The summed E-state index contributed by atoms with van der Waals surface area (Å²) in [5.74, 6) is -0.655. The number of hydrogen-bond acceptors (Lipinski definition) is 13. The number of thioether (sulfide) groups is 1. The average Bonchev–Trinajstić information content (AvgIpc) is 3.64. The quantitative estimate of drug-likeness (QED) is 0.0818. The molecule has 13 nitrogen and oxygen atoms in total. The molecule has 4 atom stereocenters. The topological polar surface area (TPSA) is 144 Å². The number of ether oxygens (including phenoxy) is 1. The zero-order valence-electron chi connectivity index (χ0n) is 42.4. The Labute approximate surface area is 444 Å². The van der Waals surface area contributed by atoms with Gasteiger partial charge in [0.25, 0.3) is 25.8 Å². The minimum absolute atomic E-state index is 0.00106. The first-order chi connectivity index (χ1) is 35.2. The number of carbonyl (C=O) groups is 1. The highest BCUT2D eigenvalue weighted by molar-refractivity contribution is 7.99. The molecular formula is C54H69ClF3N7O6S3. The zero-order chi connectivity index (χ0) is 52.7. The molecule has 3 saturated heterocycles. The summed E-state index contributed by atoms with van der Waals surface area (Å²) in [7, 11) is -10.9. The molecule has 2 unspecified atom stereocenters. The smallest absolute Gasteiger partial charge is 0.380 e. The fourth-order valence-corrected chi connectivity index (χ4v) is 14.0. The molecule has 0 spiro atoms. The fraction of sp³-hybridized carbons (Fsp3) is 0.500. The fourth-order valence-electron chi connectivity index (χ4n) is 10.8. The van der Waals surface area contributed by atoms with E-state index in [1.54, 1.807) is 12.1 Å². The van der Waals surface area contributed by atoms with Gasteiger partial charge in [0, 0.05) is 124 Å². The molecule has 0 bridgehead atoms. The van der Waals surface area contributed by atoms with Crippen LogP contribution in [0.5, 0.6) is 0 Å². The normalized spacial score (nSPS) is 22.6. The van der Waals surface area contributed by atoms with Crippen LogP contribution in [0.2, 0.25) is 5.02 Å². The lowest BCUT2D eigenvalue weighted by Crippen LogP contribution is -2.56. The van der Waals surface area contributed by atoms with Crippen LogP contribution in [0.25, 0.3) is 5.57 Å². The van der Waals surface area contributed by atoms with Crippen LogP contribution in [0, 0.1) is 5.41 Å². The Kier molecular flexibility index (Phi) is 18.5. The Bertz CT molecular complexity index is 2790. The maximum absolute atomic E-state index is 14.3. The molecule has 8 rings (SSSR count). The second kappa shape index (κ2) is 24.4. The molecule has 3 aliphatic heterocycles. The largest absolute Gasteiger partial charge is 0.501 e. The van der Waals surface area contributed by atoms with Gasteiger partial charge in [-0.2, -0.15) is 13.2 Å². The molecule has 4 aliphatic rings. The molecule has 74 heavy (non-hydrogen) atoms. The van der Waals surface area contributed by atoms with Gasteiger partial charge in [-0.15, -0.1) is 11.8 Å². The number of sulfone groups is 1. The number of carbonyl (C=O) groups excluding carboxylic acids is 1. The standard InChI is InChI=1S/C54H69ClF3N7O6S3/c1-39-34-64(35-40(2)59-39)38-53(3)22-20-49(41-10-14-44(55)15-11-41)43(33-53)36-63-25-27-65(28-26-63)46-16-12-42(13-17-46)52(66)61-74(69,70)48-18-19-50(51(32-48)73(67,68)54(56,57)58)60-45(37-72-47-8-5-4-6-9-47)21-24-62-23-7-30-71-31-29-62/h4-6,8-19,32,39-40,45,59-60H,7,20-31,33-38H2,1-3H3,(H,61,66)/t39?,40?,45-,53-/m1/s1. The number of piperazine rings is 2. The second-order valence-electron chi connectivity index (χ2n) is 20.7. The van der Waals surface area contributed by atoms with E-state index in [0.717, 1.165) is 107 Å². The van der Waals surface area contributed by atoms with Gasteiger partial charge < -0.3 is 25.2 Å². The molecule has 0 radical (unpaired) electrons. The number of alkyl halides is 3. The lowest BCUT2D eigenvalue weighted by Gasteiger charge is -2.45. The monoisotopic (exact) mass is 1100 g/mol. The summed E-state index contributed by atoms with van der Waals surface area (Å²) in [6, 6.07) is 26.9. The molecule has 3 heterocycles. The van der Waals surface area contributed by atoms with Crippen LogP contribution in [0.4, 0.5) is 24.5 Å². The summed E-state index contributed by atoms with van der Waals surface area (Å²) in [5.41, 5.74) is -1.06. The molecule has 4 aromatic rings. The van der Waals surface area contributed by atoms with E-state index in [1.165, 1.54) is 40.6 Å². The van der Waals surface area contributed by atoms with Gasteiger partial charge in [0.15, 0.2) is 0 Å². The molecule has 1 amide bonds. The molecule has 3 fully saturated rings. The molecule has 0 saturated carbocycles. The van der Waals surface area contributed by atoms with Crippen LogP contribution in [0.15, 0.2) is 117 Å². The highest BCUT2D eigenvalue weighted by Gasteiger charge is 2.48. The van der Waals surface area contributed by atoms with Gasteiger partial charge in [0.1, 0.15) is 4.90 Å². The van der Waals surface area contributed by atoms with E-state index >= 15 is 0 Å². The number of anilines is 2. The van der Waals surface area contributed by atoms with E-state index in [2.05, 4.69) is 63.1 Å². The molecule has 20 heteroatoms. The summed E-state index contributed by atoms with van der Waals surface area (Å²) in [6.45, 7) is 17.2. The number of halogens is 4. The van der Waals surface area contributed by atoms with Crippen molar-refractivity contribution in [3.63, 3.8) is 0 Å². The lowest BCUT2D eigenvalue weighted by atomic mass is 9.71. The third kappa shape index (κ3) is 14.6. The predicted octanol–water partition coefficient (Wildman–Crippen LogP) is 8.89. The summed E-state index contributed by atoms with van der Waals surface area (Å²) in [5, 5.41) is 7.40. The van der Waals surface area contributed by atoms with Crippen LogP contribution >= 0.6 is 23.4 Å². The zero-order valence-corrected chi connectivity index (χ0v) is 45.6. The summed E-state index contributed by atoms with van der Waals surface area (Å²) >= 11 is 7.77. The molecule has 1 aliphatic carbocycles. The van der Waals surface area contributed by atoms with Gasteiger partial charge in [-0.3, -0.25) is 14.6 Å². The Morgan fingerprint density at radius 1 is 0.865 bits per heavy atom. The van der Waals surface area contributed by atoms with E-state index in [1.807, 2.05) is 47.2 Å². The van der Waals surface area contributed by atoms with Crippen molar-refractivity contribution < 1.29 is 39.5 Å². The third-order valence-corrected chi connectivity index (χ3v) is 18.8. The van der Waals surface area contributed by atoms with E-state index in [-0.39, 0.29) is 11.0 Å². The Balaban J connectivity index is 0.921. The Morgan fingerprint density at radius 2 is 1.57 bits per heavy atom. The molecule has 402 valence electrons. The van der Waals surface area contributed by atoms with Crippen LogP contribution in [-0.4, -0.2) is 152 Å². The van der Waals surface area contributed by atoms with E-state index in [9.17, 15) is 34.8 Å². The first-order valence-electron chi connectivity index (χ1n) is 25.5. The SMILES string of the molecule is CC1CN(C[C@]2(C)CCC(c3ccc(Cl)cc3)=C(CN3CCN(c4ccc(C(=O)NS(=O)(=O)c5ccc(N[C@H](CCN6CCCOCC6)CSc6ccccc6)c(S(=O)(=O)C(F)(F)F)c5)cc4)CC3)C2)CC(C)N1. The summed E-state index contributed by atoms with van der Waals surface area (Å²) in [4.78, 5) is 21.9. The number of nitrogens with zero attached hydrogens (tertiary/aromatic N) is 4. The van der Waals surface area contributed by atoms with E-state index in [4.69, 9.17) is 16.3 Å². The minimum Gasteiger partial charge on any atom is -0.380 e. The van der Waals surface area contributed by atoms with Gasteiger partial charge in [0.2, 0.25) is 0 Å².